The molecule has 1 heterocycles. The highest BCUT2D eigenvalue weighted by Gasteiger charge is 2.43. The number of nitrogens with one attached hydrogen (secondary N) is 4. The topological polar surface area (TPSA) is 298 Å². The summed E-state index contributed by atoms with van der Waals surface area (Å²) in [5.74, 6) is -6.22. The number of carboxylic acids is 3. The molecule has 4 rings (SSSR count). The maximum absolute atomic E-state index is 14.2. The van der Waals surface area contributed by atoms with Crippen LogP contribution in [0.25, 0.3) is 22.0 Å². The summed E-state index contributed by atoms with van der Waals surface area (Å²) in [5, 5.41) is 44.7. The van der Waals surface area contributed by atoms with Crippen molar-refractivity contribution in [3.8, 4) is 11.1 Å². The number of benzene rings is 3. The Morgan fingerprint density at radius 1 is 0.781 bits per heavy atom. The average Bonchev–Trinajstić information content (AvgIpc) is 3.61. The van der Waals surface area contributed by atoms with E-state index in [-0.39, 0.29) is 56.5 Å². The molecule has 0 bridgehead atoms. The largest absolute Gasteiger partial charge is 0.481 e. The lowest BCUT2D eigenvalue weighted by molar-refractivity contribution is -0.142. The molecule has 11 N–H and O–H groups in total. The Labute approximate surface area is 369 Å². The zero-order chi connectivity index (χ0) is 47.5. The minimum absolute atomic E-state index is 0.0155. The fourth-order valence-corrected chi connectivity index (χ4v) is 7.87. The smallest absolute Gasteiger partial charge is 0.323 e. The van der Waals surface area contributed by atoms with Crippen LogP contribution in [0.2, 0.25) is 0 Å². The second-order valence-corrected chi connectivity index (χ2v) is 15.7. The third kappa shape index (κ3) is 11.7. The summed E-state index contributed by atoms with van der Waals surface area (Å²) in [5.41, 5.74) is 12.7. The fraction of sp³-hybridized carbons (Fsp3) is 0.422. The highest BCUT2D eigenvalue weighted by Crippen LogP contribution is 2.34. The Kier molecular flexibility index (Phi) is 17.0. The molecule has 0 spiro atoms. The molecule has 64 heavy (non-hydrogen) atoms. The van der Waals surface area contributed by atoms with Crippen molar-refractivity contribution in [2.75, 3.05) is 16.4 Å². The van der Waals surface area contributed by atoms with Crippen molar-refractivity contribution in [1.29, 1.82) is 0 Å². The summed E-state index contributed by atoms with van der Waals surface area (Å²) >= 11 is 0. The quantitative estimate of drug-likeness (QED) is 0.0406. The molecule has 4 aromatic rings. The molecule has 0 saturated carbocycles. The van der Waals surface area contributed by atoms with Crippen LogP contribution >= 0.6 is 0 Å². The molecule has 2 amide bonds. The Balaban J connectivity index is 1.48. The van der Waals surface area contributed by atoms with E-state index in [1.807, 2.05) is 0 Å². The van der Waals surface area contributed by atoms with Gasteiger partial charge < -0.3 is 37.4 Å². The molecular formula is C45H57FN8O10. The number of halogens is 1. The van der Waals surface area contributed by atoms with Crippen molar-refractivity contribution < 1.29 is 53.3 Å². The number of amides is 2. The number of ketones is 2. The maximum atomic E-state index is 14.2. The summed E-state index contributed by atoms with van der Waals surface area (Å²) < 4.78 is 15.2. The number of aryl methyl sites for hydroxylation is 1. The van der Waals surface area contributed by atoms with E-state index in [4.69, 9.17) is 16.6 Å². The Morgan fingerprint density at radius 3 is 1.92 bits per heavy atom. The minimum atomic E-state index is -1.53. The number of nitrogens with two attached hydrogens (primary N) is 2. The molecule has 19 heteroatoms. The Bertz CT molecular complexity index is 2380. The van der Waals surface area contributed by atoms with Gasteiger partial charge in [0.1, 0.15) is 17.9 Å². The fourth-order valence-electron chi connectivity index (χ4n) is 7.87. The van der Waals surface area contributed by atoms with Gasteiger partial charge in [0.2, 0.25) is 5.91 Å². The van der Waals surface area contributed by atoms with E-state index in [0.29, 0.717) is 27.7 Å². The third-order valence-electron chi connectivity index (χ3n) is 11.7. The van der Waals surface area contributed by atoms with E-state index in [0.717, 1.165) is 10.2 Å². The number of anilines is 3. The number of fused-ring (bicyclic) bond motifs is 1. The van der Waals surface area contributed by atoms with Gasteiger partial charge in [-0.05, 0) is 92.5 Å². The van der Waals surface area contributed by atoms with Gasteiger partial charge in [-0.15, -0.1) is 5.10 Å². The minimum Gasteiger partial charge on any atom is -0.481 e. The van der Waals surface area contributed by atoms with Crippen molar-refractivity contribution in [2.45, 2.75) is 122 Å². The zero-order valence-electron chi connectivity index (χ0n) is 36.5. The van der Waals surface area contributed by atoms with Crippen molar-refractivity contribution in [3.05, 3.63) is 72.0 Å². The molecule has 344 valence electrons. The number of carbonyl (C=O) groups is 7. The van der Waals surface area contributed by atoms with Gasteiger partial charge in [0, 0.05) is 18.5 Å². The van der Waals surface area contributed by atoms with Gasteiger partial charge in [-0.25, -0.2) is 9.18 Å². The van der Waals surface area contributed by atoms with Gasteiger partial charge in [-0.3, -0.25) is 39.4 Å². The van der Waals surface area contributed by atoms with E-state index in [9.17, 15) is 48.2 Å². The van der Waals surface area contributed by atoms with E-state index >= 15 is 0 Å². The van der Waals surface area contributed by atoms with E-state index in [1.165, 1.54) is 12.1 Å². The van der Waals surface area contributed by atoms with Crippen molar-refractivity contribution in [1.82, 2.24) is 20.4 Å². The van der Waals surface area contributed by atoms with E-state index < -0.39 is 89.3 Å². The van der Waals surface area contributed by atoms with Crippen LogP contribution in [0.15, 0.2) is 60.7 Å². The van der Waals surface area contributed by atoms with Gasteiger partial charge in [-0.1, -0.05) is 58.0 Å². The SMILES string of the molecule is CCC(CC)(N[C@@H](CCC(=O)O)C(=O)O)C(=O)CC[C@H](NC(CC)(CC)C(=O)[C@@H](N)CC(=O)n1nc(N)c2c(-c3ccc(NC(=O)Nc4cc(C)ccc4F)cc3)cccc21)C(=O)O. The number of nitrogens with zero attached hydrogens (tertiary/aromatic N) is 2. The second kappa shape index (κ2) is 21.7. The highest BCUT2D eigenvalue weighted by molar-refractivity contribution is 6.06. The Morgan fingerprint density at radius 2 is 1.36 bits per heavy atom. The second-order valence-electron chi connectivity index (χ2n) is 15.7. The number of urea groups is 1. The van der Waals surface area contributed by atoms with Gasteiger partial charge in [0.25, 0.3) is 0 Å². The normalized spacial score (nSPS) is 13.2. The first kappa shape index (κ1) is 50.1. The number of hydrogen-bond donors (Lipinski definition) is 9. The molecule has 3 aromatic carbocycles. The zero-order valence-corrected chi connectivity index (χ0v) is 36.5. The molecule has 0 saturated heterocycles. The first-order valence-corrected chi connectivity index (χ1v) is 21.1. The van der Waals surface area contributed by atoms with Crippen molar-refractivity contribution >= 4 is 69.5 Å². The van der Waals surface area contributed by atoms with E-state index in [2.05, 4.69) is 26.4 Å². The lowest BCUT2D eigenvalue weighted by Crippen LogP contribution is -2.62. The molecule has 0 aliphatic rings. The summed E-state index contributed by atoms with van der Waals surface area (Å²) in [6.45, 7) is 8.42. The molecule has 0 radical (unpaired) electrons. The number of rotatable bonds is 24. The molecule has 18 nitrogen and oxygen atoms in total. The maximum Gasteiger partial charge on any atom is 0.323 e. The average molecular weight is 889 g/mol. The van der Waals surface area contributed by atoms with Gasteiger partial charge >= 0.3 is 23.9 Å². The number of Topliss-reactive ketones (excluding diaryl/α,β-unsaturated/α-hetero) is 2. The summed E-state index contributed by atoms with van der Waals surface area (Å²) in [6, 6.07) is 11.3. The summed E-state index contributed by atoms with van der Waals surface area (Å²) in [6.07, 6.45) is -1.41. The Hall–Kier alpha value is -6.57. The molecule has 0 aliphatic carbocycles. The van der Waals surface area contributed by atoms with Crippen LogP contribution in [-0.2, 0) is 24.0 Å². The van der Waals surface area contributed by atoms with Crippen LogP contribution in [0, 0.1) is 12.7 Å². The molecule has 0 fully saturated rings. The van der Waals surface area contributed by atoms with E-state index in [1.54, 1.807) is 83.1 Å². The number of aliphatic carboxylic acids is 3. The molecule has 0 aliphatic heterocycles. The van der Waals surface area contributed by atoms with Gasteiger partial charge in [-0.2, -0.15) is 4.68 Å². The predicted molar refractivity (Wildman–Crippen MR) is 238 cm³/mol. The first-order valence-electron chi connectivity index (χ1n) is 21.1. The number of hydrogen-bond acceptors (Lipinski definition) is 12. The lowest BCUT2D eigenvalue weighted by Gasteiger charge is -2.37. The summed E-state index contributed by atoms with van der Waals surface area (Å²) in [4.78, 5) is 90.0. The number of aromatic nitrogens is 2. The van der Waals surface area contributed by atoms with Crippen molar-refractivity contribution in [2.24, 2.45) is 5.73 Å². The summed E-state index contributed by atoms with van der Waals surface area (Å²) in [7, 11) is 0. The van der Waals surface area contributed by atoms with Gasteiger partial charge in [0.15, 0.2) is 17.4 Å². The van der Waals surface area contributed by atoms with Crippen LogP contribution in [0.4, 0.5) is 26.4 Å². The third-order valence-corrected chi connectivity index (χ3v) is 11.7. The van der Waals surface area contributed by atoms with Crippen LogP contribution < -0.4 is 32.7 Å². The van der Waals surface area contributed by atoms with Crippen LogP contribution in [0.3, 0.4) is 0 Å². The number of carbonyl (C=O) groups excluding carboxylic acids is 4. The number of nitrogen functional groups attached to an aromatic ring is 1. The molecule has 3 atom stereocenters. The highest BCUT2D eigenvalue weighted by atomic mass is 19.1. The molecule has 0 unspecified atom stereocenters. The van der Waals surface area contributed by atoms with Crippen molar-refractivity contribution in [3.63, 3.8) is 0 Å². The van der Waals surface area contributed by atoms with Gasteiger partial charge in [0.05, 0.1) is 40.1 Å². The van der Waals surface area contributed by atoms with Crippen LogP contribution in [0.1, 0.15) is 95.8 Å². The monoisotopic (exact) mass is 888 g/mol. The molecular weight excluding hydrogens is 832 g/mol. The number of carboxylic acid groups (broad SMARTS) is 3. The lowest BCUT2D eigenvalue weighted by atomic mass is 9.81. The predicted octanol–water partition coefficient (Wildman–Crippen LogP) is 5.72. The molecule has 1 aromatic heterocycles. The standard InChI is InChI=1S/C45H57FN8O10/c1-6-44(7-2,51-32(42(62)63)20-22-37(57)58)35(55)21-19-31(41(60)61)52-45(8-3,9-4)39(59)30(47)24-36(56)54-34-12-10-11-28(38(34)40(48)53-54)26-14-16-27(17-15-26)49-43(64)50-33-23-25(5)13-18-29(33)46/h10-18,23,30-32,51-52H,6-9,19-22,24,47H2,1-5H3,(H2,48,53)(H,57,58)(H,60,61)(H,62,63)(H2,49,50,64)/t30-,31-,32-/m0/s1. The first-order chi connectivity index (χ1) is 30.2. The van der Waals surface area contributed by atoms with Crippen LogP contribution in [-0.4, -0.2) is 95.7 Å². The van der Waals surface area contributed by atoms with Crippen LogP contribution in [0.5, 0.6) is 0 Å².